The second-order valence-corrected chi connectivity index (χ2v) is 7.10. The topological polar surface area (TPSA) is 66.6 Å². The van der Waals surface area contributed by atoms with Gasteiger partial charge in [0.25, 0.3) is 0 Å². The third kappa shape index (κ3) is 3.96. The molecule has 2 saturated heterocycles. The number of hydrogen-bond donors (Lipinski definition) is 1. The van der Waals surface area contributed by atoms with Gasteiger partial charge in [0.1, 0.15) is 0 Å². The third-order valence-corrected chi connectivity index (χ3v) is 4.94. The molecule has 5 heteroatoms. The zero-order chi connectivity index (χ0) is 15.6. The molecule has 0 aromatic carbocycles. The number of amides is 2. The van der Waals surface area contributed by atoms with Gasteiger partial charge in [-0.3, -0.25) is 14.5 Å². The summed E-state index contributed by atoms with van der Waals surface area (Å²) < 4.78 is 0. The maximum atomic E-state index is 12.7. The number of likely N-dealkylation sites (tertiary alicyclic amines) is 2. The predicted octanol–water partition coefficient (Wildman–Crippen LogP) is 1.08. The standard InChI is InChI=1S/C16H29N3O2/c1-11-7-12(2)9-19(8-11)16(21)13(3)18-6-4-5-14(10-18)15(17)20/h11-14H,4-10H2,1-3H3,(H2,17,20)/t11-,12-,13+,14-/m0/s1. The van der Waals surface area contributed by atoms with Gasteiger partial charge in [0.2, 0.25) is 11.8 Å². The largest absolute Gasteiger partial charge is 0.369 e. The van der Waals surface area contributed by atoms with Crippen LogP contribution in [0.1, 0.15) is 40.0 Å². The van der Waals surface area contributed by atoms with E-state index in [0.29, 0.717) is 18.4 Å². The smallest absolute Gasteiger partial charge is 0.239 e. The third-order valence-electron chi connectivity index (χ3n) is 4.94. The van der Waals surface area contributed by atoms with Crippen LogP contribution in [0, 0.1) is 17.8 Å². The summed E-state index contributed by atoms with van der Waals surface area (Å²) >= 11 is 0. The van der Waals surface area contributed by atoms with Crippen molar-refractivity contribution >= 4 is 11.8 Å². The van der Waals surface area contributed by atoms with E-state index in [9.17, 15) is 9.59 Å². The normalized spacial score (nSPS) is 32.7. The number of primary amides is 1. The second kappa shape index (κ2) is 6.77. The van der Waals surface area contributed by atoms with Crippen molar-refractivity contribution in [2.45, 2.75) is 46.1 Å². The summed E-state index contributed by atoms with van der Waals surface area (Å²) in [5, 5.41) is 0. The van der Waals surface area contributed by atoms with Crippen molar-refractivity contribution < 1.29 is 9.59 Å². The highest BCUT2D eigenvalue weighted by Crippen LogP contribution is 2.24. The molecular formula is C16H29N3O2. The highest BCUT2D eigenvalue weighted by Gasteiger charge is 2.34. The number of piperidine rings is 2. The molecule has 0 bridgehead atoms. The number of rotatable bonds is 3. The number of hydrogen-bond acceptors (Lipinski definition) is 3. The SMILES string of the molecule is C[C@H]1C[C@H](C)CN(C(=O)[C@@H](C)N2CCC[C@H](C(N)=O)C2)C1. The van der Waals surface area contributed by atoms with Crippen LogP contribution in [0.5, 0.6) is 0 Å². The molecule has 0 aliphatic carbocycles. The van der Waals surface area contributed by atoms with E-state index in [1.54, 1.807) is 0 Å². The van der Waals surface area contributed by atoms with E-state index in [-0.39, 0.29) is 23.8 Å². The van der Waals surface area contributed by atoms with Crippen LogP contribution in [0.15, 0.2) is 0 Å². The zero-order valence-corrected chi connectivity index (χ0v) is 13.5. The molecule has 0 unspecified atom stereocenters. The highest BCUT2D eigenvalue weighted by atomic mass is 16.2. The first-order valence-corrected chi connectivity index (χ1v) is 8.20. The first-order valence-electron chi connectivity index (χ1n) is 8.20. The summed E-state index contributed by atoms with van der Waals surface area (Å²) in [4.78, 5) is 28.3. The van der Waals surface area contributed by atoms with Crippen LogP contribution >= 0.6 is 0 Å². The van der Waals surface area contributed by atoms with Crippen molar-refractivity contribution in [3.8, 4) is 0 Å². The lowest BCUT2D eigenvalue weighted by Gasteiger charge is -2.40. The van der Waals surface area contributed by atoms with Gasteiger partial charge in [0, 0.05) is 19.6 Å². The van der Waals surface area contributed by atoms with Crippen molar-refractivity contribution in [2.24, 2.45) is 23.5 Å². The molecule has 21 heavy (non-hydrogen) atoms. The molecule has 5 nitrogen and oxygen atoms in total. The number of carbonyl (C=O) groups excluding carboxylic acids is 2. The Hall–Kier alpha value is -1.10. The number of carbonyl (C=O) groups is 2. The number of nitrogens with two attached hydrogens (primary N) is 1. The van der Waals surface area contributed by atoms with Crippen molar-refractivity contribution in [2.75, 3.05) is 26.2 Å². The van der Waals surface area contributed by atoms with Crippen molar-refractivity contribution in [3.05, 3.63) is 0 Å². The molecule has 0 aromatic heterocycles. The van der Waals surface area contributed by atoms with Gasteiger partial charge in [-0.05, 0) is 44.6 Å². The van der Waals surface area contributed by atoms with E-state index < -0.39 is 0 Å². The van der Waals surface area contributed by atoms with E-state index in [2.05, 4.69) is 18.7 Å². The fourth-order valence-corrected chi connectivity index (χ4v) is 3.85. The van der Waals surface area contributed by atoms with Crippen LogP contribution in [-0.2, 0) is 9.59 Å². The first kappa shape index (κ1) is 16.3. The van der Waals surface area contributed by atoms with E-state index in [1.165, 1.54) is 6.42 Å². The molecule has 2 fully saturated rings. The Kier molecular flexibility index (Phi) is 5.25. The molecule has 2 aliphatic rings. The maximum absolute atomic E-state index is 12.7. The molecule has 0 radical (unpaired) electrons. The average molecular weight is 295 g/mol. The highest BCUT2D eigenvalue weighted by molar-refractivity contribution is 5.82. The fraction of sp³-hybridized carbons (Fsp3) is 0.875. The molecule has 2 rings (SSSR count). The lowest BCUT2D eigenvalue weighted by molar-refractivity contribution is -0.141. The summed E-state index contributed by atoms with van der Waals surface area (Å²) in [6, 6.07) is -0.148. The van der Waals surface area contributed by atoms with Gasteiger partial charge in [0.15, 0.2) is 0 Å². The van der Waals surface area contributed by atoms with Gasteiger partial charge >= 0.3 is 0 Å². The molecule has 120 valence electrons. The monoisotopic (exact) mass is 295 g/mol. The average Bonchev–Trinajstić information content (AvgIpc) is 2.44. The summed E-state index contributed by atoms with van der Waals surface area (Å²) in [5.74, 6) is 1.01. The predicted molar refractivity (Wildman–Crippen MR) is 82.5 cm³/mol. The number of nitrogens with zero attached hydrogens (tertiary/aromatic N) is 2. The van der Waals surface area contributed by atoms with Gasteiger partial charge in [-0.1, -0.05) is 13.8 Å². The van der Waals surface area contributed by atoms with Gasteiger partial charge in [0.05, 0.1) is 12.0 Å². The van der Waals surface area contributed by atoms with Gasteiger partial charge < -0.3 is 10.6 Å². The maximum Gasteiger partial charge on any atom is 0.239 e. The molecule has 2 heterocycles. The first-order chi connectivity index (χ1) is 9.88. The molecule has 0 saturated carbocycles. The molecule has 2 N–H and O–H groups in total. The summed E-state index contributed by atoms with van der Waals surface area (Å²) in [6.45, 7) is 9.63. The zero-order valence-electron chi connectivity index (χ0n) is 13.5. The van der Waals surface area contributed by atoms with Crippen molar-refractivity contribution in [3.63, 3.8) is 0 Å². The molecule has 2 amide bonds. The molecule has 2 aliphatic heterocycles. The minimum absolute atomic E-state index is 0.104. The minimum Gasteiger partial charge on any atom is -0.369 e. The Morgan fingerprint density at radius 3 is 2.33 bits per heavy atom. The minimum atomic E-state index is -0.237. The summed E-state index contributed by atoms with van der Waals surface area (Å²) in [5.41, 5.74) is 5.42. The van der Waals surface area contributed by atoms with Gasteiger partial charge in [-0.25, -0.2) is 0 Å². The van der Waals surface area contributed by atoms with Crippen molar-refractivity contribution in [1.82, 2.24) is 9.80 Å². The van der Waals surface area contributed by atoms with Crippen LogP contribution < -0.4 is 5.73 Å². The Labute approximate surface area is 127 Å². The molecule has 0 aromatic rings. The van der Waals surface area contributed by atoms with Crippen LogP contribution in [-0.4, -0.2) is 53.8 Å². The molecule has 0 spiro atoms. The van der Waals surface area contributed by atoms with E-state index in [0.717, 1.165) is 32.5 Å². The Balaban J connectivity index is 1.96. The molecular weight excluding hydrogens is 266 g/mol. The Morgan fingerprint density at radius 1 is 1.14 bits per heavy atom. The van der Waals surface area contributed by atoms with E-state index in [4.69, 9.17) is 5.73 Å². The van der Waals surface area contributed by atoms with Crippen LogP contribution in [0.3, 0.4) is 0 Å². The lowest BCUT2D eigenvalue weighted by Crippen LogP contribution is -2.54. The quantitative estimate of drug-likeness (QED) is 0.847. The van der Waals surface area contributed by atoms with E-state index >= 15 is 0 Å². The van der Waals surface area contributed by atoms with Crippen LogP contribution in [0.4, 0.5) is 0 Å². The van der Waals surface area contributed by atoms with Crippen LogP contribution in [0.25, 0.3) is 0 Å². The Bertz CT molecular complexity index is 389. The van der Waals surface area contributed by atoms with Crippen LogP contribution in [0.2, 0.25) is 0 Å². The van der Waals surface area contributed by atoms with Crippen molar-refractivity contribution in [1.29, 1.82) is 0 Å². The van der Waals surface area contributed by atoms with Gasteiger partial charge in [-0.15, -0.1) is 0 Å². The lowest BCUT2D eigenvalue weighted by atomic mass is 9.91. The fourth-order valence-electron chi connectivity index (χ4n) is 3.85. The van der Waals surface area contributed by atoms with E-state index in [1.807, 2.05) is 11.8 Å². The Morgan fingerprint density at radius 2 is 1.76 bits per heavy atom. The molecule has 4 atom stereocenters. The van der Waals surface area contributed by atoms with Gasteiger partial charge in [-0.2, -0.15) is 0 Å². The summed E-state index contributed by atoms with van der Waals surface area (Å²) in [6.07, 6.45) is 2.99. The summed E-state index contributed by atoms with van der Waals surface area (Å²) in [7, 11) is 0. The second-order valence-electron chi connectivity index (χ2n) is 7.10.